The van der Waals surface area contributed by atoms with Gasteiger partial charge in [-0.1, -0.05) is 143 Å². The average Bonchev–Trinajstić information content (AvgIpc) is 2.79. The highest BCUT2D eigenvalue weighted by molar-refractivity contribution is 4.52. The first-order valence-electron chi connectivity index (χ1n) is 14.5. The first kappa shape index (κ1) is 30.9. The van der Waals surface area contributed by atoms with Crippen LogP contribution in [0, 0.1) is 0 Å². The maximum absolute atomic E-state index is 6.18. The van der Waals surface area contributed by atoms with E-state index in [1.54, 1.807) is 0 Å². The molecule has 0 aromatic carbocycles. The molecule has 0 aliphatic carbocycles. The summed E-state index contributed by atoms with van der Waals surface area (Å²) in [5.74, 6) is 0. The van der Waals surface area contributed by atoms with Crippen molar-refractivity contribution in [2.24, 2.45) is 0 Å². The Hall–Kier alpha value is -0.120. The second kappa shape index (κ2) is 26.1. The molecule has 0 aromatic heterocycles. The van der Waals surface area contributed by atoms with Gasteiger partial charge < -0.3 is 0 Å². The predicted molar refractivity (Wildman–Crippen MR) is 139 cm³/mol. The third-order valence-electron chi connectivity index (χ3n) is 6.46. The van der Waals surface area contributed by atoms with E-state index in [1.807, 2.05) is 0 Å². The van der Waals surface area contributed by atoms with E-state index in [0.29, 0.717) is 0 Å². The second-order valence-electron chi connectivity index (χ2n) is 9.49. The lowest BCUT2D eigenvalue weighted by atomic mass is 10.1. The fourth-order valence-electron chi connectivity index (χ4n) is 4.23. The Labute approximate surface area is 197 Å². The molecule has 31 heavy (non-hydrogen) atoms. The van der Waals surface area contributed by atoms with Crippen LogP contribution < -0.4 is 0 Å². The fourth-order valence-corrected chi connectivity index (χ4v) is 4.23. The van der Waals surface area contributed by atoms with E-state index < -0.39 is 0 Å². The minimum Gasteiger partial charge on any atom is -0.208 e. The maximum Gasteiger partial charge on any atom is 0.0259 e. The lowest BCUT2D eigenvalue weighted by molar-refractivity contribution is -0.323. The van der Waals surface area contributed by atoms with E-state index in [4.69, 9.17) is 4.94 Å². The third-order valence-corrected chi connectivity index (χ3v) is 6.46. The fraction of sp³-hybridized carbons (Fsp3) is 1.00. The van der Waals surface area contributed by atoms with Crippen molar-refractivity contribution in [1.82, 2.24) is 10.1 Å². The van der Waals surface area contributed by atoms with Gasteiger partial charge in [-0.15, -0.1) is 0 Å². The van der Waals surface area contributed by atoms with Crippen molar-refractivity contribution in [3.8, 4) is 0 Å². The third kappa shape index (κ3) is 22.9. The van der Waals surface area contributed by atoms with Crippen molar-refractivity contribution in [2.75, 3.05) is 26.2 Å². The van der Waals surface area contributed by atoms with Gasteiger partial charge in [-0.05, 0) is 12.8 Å². The molecule has 0 atom stereocenters. The Morgan fingerprint density at radius 1 is 0.355 bits per heavy atom. The first-order chi connectivity index (χ1) is 15.3. The normalized spacial score (nSPS) is 11.8. The quantitative estimate of drug-likeness (QED) is 0.0984. The monoisotopic (exact) mass is 440 g/mol. The van der Waals surface area contributed by atoms with Crippen molar-refractivity contribution in [2.45, 2.75) is 156 Å². The number of nitrogens with zero attached hydrogens (tertiary/aromatic N) is 2. The lowest BCUT2D eigenvalue weighted by Crippen LogP contribution is -2.36. The Morgan fingerprint density at radius 2 is 0.613 bits per heavy atom. The highest BCUT2D eigenvalue weighted by Gasteiger charge is 2.09. The summed E-state index contributed by atoms with van der Waals surface area (Å²) in [6.07, 6.45) is 27.9. The molecule has 0 unspecified atom stereocenters. The van der Waals surface area contributed by atoms with E-state index in [1.165, 1.54) is 128 Å². The number of rotatable bonds is 26. The van der Waals surface area contributed by atoms with Crippen LogP contribution >= 0.6 is 0 Å². The van der Waals surface area contributed by atoms with Crippen LogP contribution in [0.2, 0.25) is 0 Å². The smallest absolute Gasteiger partial charge is 0.0259 e. The zero-order valence-corrected chi connectivity index (χ0v) is 22.3. The molecule has 0 saturated heterocycles. The minimum atomic E-state index is 0.978. The van der Waals surface area contributed by atoms with E-state index in [2.05, 4.69) is 37.8 Å². The van der Waals surface area contributed by atoms with Crippen LogP contribution in [0.15, 0.2) is 0 Å². The highest BCUT2D eigenvalue weighted by atomic mass is 16.8. The highest BCUT2D eigenvalue weighted by Crippen LogP contribution is 2.13. The largest absolute Gasteiger partial charge is 0.208 e. The first-order valence-corrected chi connectivity index (χ1v) is 14.5. The number of unbranched alkanes of at least 4 members (excludes halogenated alkanes) is 18. The van der Waals surface area contributed by atoms with Gasteiger partial charge in [-0.25, -0.2) is 4.94 Å². The minimum absolute atomic E-state index is 0.978. The van der Waals surface area contributed by atoms with E-state index >= 15 is 0 Å². The molecule has 3 nitrogen and oxygen atoms in total. The molecule has 0 amide bonds. The van der Waals surface area contributed by atoms with Gasteiger partial charge in [0, 0.05) is 26.2 Å². The number of hydrogen-bond acceptors (Lipinski definition) is 3. The molecule has 0 heterocycles. The van der Waals surface area contributed by atoms with Gasteiger partial charge in [-0.2, -0.15) is 10.1 Å². The van der Waals surface area contributed by atoms with Crippen LogP contribution in [0.5, 0.6) is 0 Å². The van der Waals surface area contributed by atoms with Crippen molar-refractivity contribution >= 4 is 0 Å². The summed E-state index contributed by atoms with van der Waals surface area (Å²) in [6, 6.07) is 0. The lowest BCUT2D eigenvalue weighted by Gasteiger charge is -2.27. The molecule has 0 saturated carbocycles. The van der Waals surface area contributed by atoms with Gasteiger partial charge in [0.05, 0.1) is 0 Å². The van der Waals surface area contributed by atoms with Crippen molar-refractivity contribution in [3.05, 3.63) is 0 Å². The van der Waals surface area contributed by atoms with Gasteiger partial charge in [0.1, 0.15) is 0 Å². The summed E-state index contributed by atoms with van der Waals surface area (Å²) in [5.41, 5.74) is 0. The molecular formula is C28H60N2O. The molecular weight excluding hydrogens is 380 g/mol. The molecule has 0 fully saturated rings. The summed E-state index contributed by atoms with van der Waals surface area (Å²) >= 11 is 0. The number of hydrogen-bond donors (Lipinski definition) is 0. The van der Waals surface area contributed by atoms with Crippen LogP contribution in [0.3, 0.4) is 0 Å². The van der Waals surface area contributed by atoms with E-state index in [-0.39, 0.29) is 0 Å². The molecule has 0 aliphatic rings. The Kier molecular flexibility index (Phi) is 26.0. The van der Waals surface area contributed by atoms with Crippen LogP contribution in [-0.2, 0) is 4.94 Å². The van der Waals surface area contributed by atoms with Gasteiger partial charge in [0.15, 0.2) is 0 Å². The zero-order chi connectivity index (χ0) is 22.8. The van der Waals surface area contributed by atoms with Gasteiger partial charge in [-0.3, -0.25) is 0 Å². The standard InChI is InChI=1S/C28H60N2O/c1-5-9-11-13-15-17-19-21-23-25-27-29(7-3)31-30(8-4)28-26-24-22-20-18-16-14-12-10-6-2/h5-28H2,1-4H3. The summed E-state index contributed by atoms with van der Waals surface area (Å²) < 4.78 is 0. The topological polar surface area (TPSA) is 15.7 Å². The second-order valence-corrected chi connectivity index (χ2v) is 9.49. The maximum atomic E-state index is 6.18. The summed E-state index contributed by atoms with van der Waals surface area (Å²) in [5, 5.41) is 4.34. The van der Waals surface area contributed by atoms with E-state index in [0.717, 1.165) is 26.2 Å². The van der Waals surface area contributed by atoms with Crippen molar-refractivity contribution in [1.29, 1.82) is 0 Å². The summed E-state index contributed by atoms with van der Waals surface area (Å²) in [6.45, 7) is 13.1. The molecule has 0 aromatic rings. The molecule has 0 spiro atoms. The van der Waals surface area contributed by atoms with Gasteiger partial charge >= 0.3 is 0 Å². The van der Waals surface area contributed by atoms with Gasteiger partial charge in [0.25, 0.3) is 0 Å². The van der Waals surface area contributed by atoms with Crippen LogP contribution in [0.25, 0.3) is 0 Å². The van der Waals surface area contributed by atoms with Crippen molar-refractivity contribution in [3.63, 3.8) is 0 Å². The average molecular weight is 441 g/mol. The molecule has 0 aliphatic heterocycles. The molecule has 0 radical (unpaired) electrons. The SMILES string of the molecule is CCCCCCCCCCCCN(CC)ON(CC)CCCCCCCCCCCC. The van der Waals surface area contributed by atoms with E-state index in [9.17, 15) is 0 Å². The Balaban J connectivity index is 3.59. The van der Waals surface area contributed by atoms with Gasteiger partial charge in [0.2, 0.25) is 0 Å². The Morgan fingerprint density at radius 3 is 0.871 bits per heavy atom. The molecule has 0 N–H and O–H groups in total. The summed E-state index contributed by atoms with van der Waals surface area (Å²) in [4.78, 5) is 6.18. The van der Waals surface area contributed by atoms with Crippen LogP contribution in [0.4, 0.5) is 0 Å². The Bertz CT molecular complexity index is 294. The molecule has 0 rings (SSSR count). The molecule has 3 heteroatoms. The number of hydroxylamine groups is 4. The van der Waals surface area contributed by atoms with Crippen LogP contribution in [0.1, 0.15) is 156 Å². The van der Waals surface area contributed by atoms with Crippen LogP contribution in [-0.4, -0.2) is 36.3 Å². The summed E-state index contributed by atoms with van der Waals surface area (Å²) in [7, 11) is 0. The molecule has 188 valence electrons. The molecule has 0 bridgehead atoms. The van der Waals surface area contributed by atoms with Crippen molar-refractivity contribution < 1.29 is 4.94 Å². The zero-order valence-electron chi connectivity index (χ0n) is 22.3. The predicted octanol–water partition coefficient (Wildman–Crippen LogP) is 9.32.